The van der Waals surface area contributed by atoms with Gasteiger partial charge in [-0.15, -0.1) is 0 Å². The van der Waals surface area contributed by atoms with Gasteiger partial charge in [0, 0.05) is 30.6 Å². The van der Waals surface area contributed by atoms with E-state index >= 15 is 0 Å². The molecule has 0 heterocycles. The minimum atomic E-state index is -1.09. The van der Waals surface area contributed by atoms with Crippen molar-refractivity contribution in [2.75, 3.05) is 0 Å². The number of hydrogen-bond donors (Lipinski definition) is 4. The Labute approximate surface area is 242 Å². The SMILES string of the molecule is CC(C)(C)c1cc(C(=O)O)c(O)c(C(C)(C)C)c1.CC(C)(C)c1cc(C(=O)O)c(O)c(C(C)(C)C)c1.[CH3-].[Zn]. The van der Waals surface area contributed by atoms with E-state index in [2.05, 4.69) is 0 Å². The maximum absolute atomic E-state index is 11.2. The summed E-state index contributed by atoms with van der Waals surface area (Å²) in [6.45, 7) is 23.9. The van der Waals surface area contributed by atoms with Gasteiger partial charge in [-0.1, -0.05) is 95.2 Å². The molecule has 0 spiro atoms. The number of phenols is 2. The minimum absolute atomic E-state index is 0. The Hall–Kier alpha value is -2.40. The van der Waals surface area contributed by atoms with Crippen LogP contribution in [0.5, 0.6) is 11.5 Å². The molecule has 0 radical (unpaired) electrons. The molecule has 0 saturated heterocycles. The van der Waals surface area contributed by atoms with E-state index < -0.39 is 11.9 Å². The van der Waals surface area contributed by atoms with Crippen molar-refractivity contribution in [2.24, 2.45) is 0 Å². The molecule has 0 fully saturated rings. The van der Waals surface area contributed by atoms with Gasteiger partial charge in [-0.05, 0) is 44.9 Å². The third-order valence-electron chi connectivity index (χ3n) is 6.03. The van der Waals surface area contributed by atoms with Crippen LogP contribution in [0.25, 0.3) is 0 Å². The number of hydrogen-bond acceptors (Lipinski definition) is 4. The second kappa shape index (κ2) is 12.6. The van der Waals surface area contributed by atoms with E-state index in [1.807, 2.05) is 95.2 Å². The monoisotopic (exact) mass is 579 g/mol. The molecule has 0 unspecified atom stereocenters. The van der Waals surface area contributed by atoms with Crippen LogP contribution >= 0.6 is 0 Å². The predicted molar refractivity (Wildman–Crippen MR) is 151 cm³/mol. The van der Waals surface area contributed by atoms with Crippen LogP contribution in [0.15, 0.2) is 24.3 Å². The summed E-state index contributed by atoms with van der Waals surface area (Å²) in [4.78, 5) is 22.4. The molecule has 2 aromatic carbocycles. The van der Waals surface area contributed by atoms with Crippen molar-refractivity contribution in [3.63, 3.8) is 0 Å². The van der Waals surface area contributed by atoms with Crippen molar-refractivity contribution >= 4 is 11.9 Å². The fraction of sp³-hybridized carbons (Fsp3) is 0.516. The van der Waals surface area contributed by atoms with E-state index in [9.17, 15) is 30.0 Å². The van der Waals surface area contributed by atoms with Crippen molar-refractivity contribution in [3.05, 3.63) is 65.1 Å². The van der Waals surface area contributed by atoms with Gasteiger partial charge in [0.05, 0.1) is 0 Å². The van der Waals surface area contributed by atoms with Crippen LogP contribution in [0.3, 0.4) is 0 Å². The smallest absolute Gasteiger partial charge is 0.339 e. The standard InChI is InChI=1S/2C15H22O3.CH3.Zn/c2*1-14(2,3)9-7-10(13(17)18)12(16)11(8-9)15(4,5)6;;/h2*7-8,16H,1-6H3,(H,17,18);1H3;/q;;-1;. The molecule has 0 bridgehead atoms. The molecular weight excluding hydrogens is 534 g/mol. The quantitative estimate of drug-likeness (QED) is 0.213. The summed E-state index contributed by atoms with van der Waals surface area (Å²) < 4.78 is 0. The number of aromatic hydroxyl groups is 2. The minimum Gasteiger partial charge on any atom is -0.507 e. The van der Waals surface area contributed by atoms with Crippen LogP contribution in [0.2, 0.25) is 0 Å². The molecule has 0 aromatic heterocycles. The molecule has 38 heavy (non-hydrogen) atoms. The first-order valence-corrected chi connectivity index (χ1v) is 12.1. The number of carboxylic acid groups (broad SMARTS) is 2. The number of carbonyl (C=O) groups is 2. The van der Waals surface area contributed by atoms with Gasteiger partial charge in [-0.25, -0.2) is 9.59 Å². The van der Waals surface area contributed by atoms with Gasteiger partial charge < -0.3 is 27.9 Å². The van der Waals surface area contributed by atoms with Gasteiger partial charge in [0.1, 0.15) is 22.6 Å². The summed E-state index contributed by atoms with van der Waals surface area (Å²) in [6, 6.07) is 6.93. The zero-order valence-electron chi connectivity index (χ0n) is 25.6. The molecule has 6 nitrogen and oxygen atoms in total. The zero-order chi connectivity index (χ0) is 28.6. The summed E-state index contributed by atoms with van der Waals surface area (Å²) in [6.07, 6.45) is 0. The summed E-state index contributed by atoms with van der Waals surface area (Å²) in [5, 5.41) is 38.6. The summed E-state index contributed by atoms with van der Waals surface area (Å²) in [5.41, 5.74) is 2.24. The predicted octanol–water partition coefficient (Wildman–Crippen LogP) is 7.82. The average Bonchev–Trinajstić information content (AvgIpc) is 2.64. The fourth-order valence-electron chi connectivity index (χ4n) is 3.60. The van der Waals surface area contributed by atoms with Crippen molar-refractivity contribution in [3.8, 4) is 11.5 Å². The number of rotatable bonds is 2. The molecule has 2 aromatic rings. The third-order valence-corrected chi connectivity index (χ3v) is 6.03. The normalized spacial score (nSPS) is 11.9. The maximum atomic E-state index is 11.2. The topological polar surface area (TPSA) is 115 Å². The molecule has 0 aliphatic heterocycles. The van der Waals surface area contributed by atoms with Gasteiger partial charge in [-0.2, -0.15) is 0 Å². The van der Waals surface area contributed by atoms with Crippen LogP contribution < -0.4 is 0 Å². The molecule has 0 atom stereocenters. The molecule has 0 aliphatic carbocycles. The second-order valence-electron chi connectivity index (χ2n) is 13.5. The van der Waals surface area contributed by atoms with E-state index in [4.69, 9.17) is 0 Å². The molecular formula is C31H47O6Zn-. The van der Waals surface area contributed by atoms with Crippen LogP contribution in [-0.4, -0.2) is 32.4 Å². The van der Waals surface area contributed by atoms with Gasteiger partial charge >= 0.3 is 11.9 Å². The average molecular weight is 581 g/mol. The number of benzene rings is 2. The van der Waals surface area contributed by atoms with E-state index in [1.54, 1.807) is 12.1 Å². The van der Waals surface area contributed by atoms with Gasteiger partial charge in [0.25, 0.3) is 0 Å². The Balaban J connectivity index is 0. The van der Waals surface area contributed by atoms with Crippen LogP contribution in [-0.2, 0) is 41.1 Å². The number of carboxylic acids is 2. The van der Waals surface area contributed by atoms with Gasteiger partial charge in [0.15, 0.2) is 0 Å². The number of aromatic carboxylic acids is 2. The van der Waals surface area contributed by atoms with Crippen molar-refractivity contribution < 1.29 is 49.5 Å². The molecule has 4 N–H and O–H groups in total. The Morgan fingerprint density at radius 3 is 0.921 bits per heavy atom. The zero-order valence-corrected chi connectivity index (χ0v) is 28.6. The Morgan fingerprint density at radius 2 is 0.763 bits per heavy atom. The Bertz CT molecular complexity index is 1050. The Morgan fingerprint density at radius 1 is 0.526 bits per heavy atom. The largest absolute Gasteiger partial charge is 0.507 e. The fourth-order valence-corrected chi connectivity index (χ4v) is 3.60. The van der Waals surface area contributed by atoms with Crippen molar-refractivity contribution in [1.82, 2.24) is 0 Å². The van der Waals surface area contributed by atoms with E-state index in [-0.39, 0.29) is 71.2 Å². The first kappa shape index (κ1) is 37.8. The maximum Gasteiger partial charge on any atom is 0.339 e. The van der Waals surface area contributed by atoms with Crippen LogP contribution in [0.1, 0.15) is 126 Å². The molecule has 7 heteroatoms. The van der Waals surface area contributed by atoms with E-state index in [0.29, 0.717) is 11.1 Å². The summed E-state index contributed by atoms with van der Waals surface area (Å²) in [7, 11) is 0. The Kier molecular flexibility index (Phi) is 12.6. The second-order valence-corrected chi connectivity index (χ2v) is 13.5. The molecule has 0 amide bonds. The molecule has 0 aliphatic rings. The van der Waals surface area contributed by atoms with Crippen LogP contribution in [0, 0.1) is 7.43 Å². The van der Waals surface area contributed by atoms with Crippen molar-refractivity contribution in [1.29, 1.82) is 0 Å². The van der Waals surface area contributed by atoms with Crippen LogP contribution in [0.4, 0.5) is 0 Å². The summed E-state index contributed by atoms with van der Waals surface area (Å²) >= 11 is 0. The molecule has 2 rings (SSSR count). The first-order valence-electron chi connectivity index (χ1n) is 12.1. The van der Waals surface area contributed by atoms with Crippen molar-refractivity contribution in [2.45, 2.75) is 105 Å². The van der Waals surface area contributed by atoms with E-state index in [1.165, 1.54) is 0 Å². The van der Waals surface area contributed by atoms with E-state index in [0.717, 1.165) is 11.1 Å². The molecule has 210 valence electrons. The summed E-state index contributed by atoms with van der Waals surface area (Å²) in [5.74, 6) is -2.43. The third kappa shape index (κ3) is 9.41. The first-order chi connectivity index (χ1) is 15.9. The molecule has 0 saturated carbocycles. The van der Waals surface area contributed by atoms with Gasteiger partial charge in [0.2, 0.25) is 0 Å². The van der Waals surface area contributed by atoms with Gasteiger partial charge in [-0.3, -0.25) is 0 Å².